The zero-order chi connectivity index (χ0) is 13.0. The van der Waals surface area contributed by atoms with Crippen LogP contribution in [0.3, 0.4) is 0 Å². The number of carbonyl (C=O) groups is 1. The first-order valence-corrected chi connectivity index (χ1v) is 5.65. The van der Waals surface area contributed by atoms with Crippen molar-refractivity contribution in [3.05, 3.63) is 65.5 Å². The van der Waals surface area contributed by atoms with Crippen molar-refractivity contribution >= 4 is 17.5 Å². The number of pyridine rings is 1. The lowest BCUT2D eigenvalue weighted by atomic mass is 10.1. The van der Waals surface area contributed by atoms with Crippen LogP contribution in [-0.4, -0.2) is 10.8 Å². The van der Waals surface area contributed by atoms with Crippen molar-refractivity contribution in [2.45, 2.75) is 6.92 Å². The van der Waals surface area contributed by atoms with Crippen molar-refractivity contribution in [1.82, 2.24) is 4.98 Å². The molecule has 3 nitrogen and oxygen atoms in total. The average Bonchev–Trinajstić information content (AvgIpc) is 2.38. The van der Waals surface area contributed by atoms with Gasteiger partial charge in [0.25, 0.3) is 0 Å². The Morgan fingerprint density at radius 1 is 1.22 bits per heavy atom. The van der Waals surface area contributed by atoms with E-state index in [4.69, 9.17) is 5.73 Å². The summed E-state index contributed by atoms with van der Waals surface area (Å²) in [5, 5.41) is 0. The van der Waals surface area contributed by atoms with Gasteiger partial charge in [0.1, 0.15) is 0 Å². The Morgan fingerprint density at radius 3 is 2.61 bits per heavy atom. The van der Waals surface area contributed by atoms with Gasteiger partial charge in [0.05, 0.1) is 0 Å². The topological polar surface area (TPSA) is 56.0 Å². The molecule has 0 radical (unpaired) electrons. The zero-order valence-electron chi connectivity index (χ0n) is 10.1. The summed E-state index contributed by atoms with van der Waals surface area (Å²) in [6, 6.07) is 9.17. The maximum absolute atomic E-state index is 11.9. The molecule has 2 aromatic rings. The Kier molecular flexibility index (Phi) is 3.53. The molecule has 3 heteroatoms. The van der Waals surface area contributed by atoms with Gasteiger partial charge in [-0.2, -0.15) is 0 Å². The number of benzene rings is 1. The van der Waals surface area contributed by atoms with E-state index < -0.39 is 0 Å². The molecule has 0 fully saturated rings. The first-order chi connectivity index (χ1) is 8.65. The third-order valence-corrected chi connectivity index (χ3v) is 2.52. The second kappa shape index (κ2) is 5.27. The van der Waals surface area contributed by atoms with Crippen LogP contribution in [0.1, 0.15) is 21.5 Å². The van der Waals surface area contributed by atoms with E-state index in [1.165, 1.54) is 0 Å². The average molecular weight is 238 g/mol. The smallest absolute Gasteiger partial charge is 0.187 e. The van der Waals surface area contributed by atoms with Crippen LogP contribution < -0.4 is 5.73 Å². The third kappa shape index (κ3) is 3.04. The predicted octanol–water partition coefficient (Wildman–Crippen LogP) is 2.87. The van der Waals surface area contributed by atoms with Crippen molar-refractivity contribution in [2.75, 3.05) is 5.73 Å². The molecule has 0 saturated heterocycles. The first kappa shape index (κ1) is 12.0. The summed E-state index contributed by atoms with van der Waals surface area (Å²) in [5.74, 6) is -0.0528. The molecule has 1 aromatic carbocycles. The number of nitrogens with zero attached hydrogens (tertiary/aromatic N) is 1. The monoisotopic (exact) mass is 238 g/mol. The number of hydrogen-bond acceptors (Lipinski definition) is 3. The molecule has 0 spiro atoms. The maximum Gasteiger partial charge on any atom is 0.187 e. The molecular weight excluding hydrogens is 224 g/mol. The molecule has 0 amide bonds. The SMILES string of the molecule is Cc1cncc(C(=O)/C=C/c2ccc(N)cc2)c1. The molecule has 2 rings (SSSR count). The highest BCUT2D eigenvalue weighted by Gasteiger charge is 2.01. The van der Waals surface area contributed by atoms with Crippen LogP contribution in [-0.2, 0) is 0 Å². The lowest BCUT2D eigenvalue weighted by molar-refractivity contribution is 0.104. The van der Waals surface area contributed by atoms with Gasteiger partial charge in [-0.3, -0.25) is 9.78 Å². The molecule has 90 valence electrons. The minimum atomic E-state index is -0.0528. The highest BCUT2D eigenvalue weighted by molar-refractivity contribution is 6.06. The second-order valence-corrected chi connectivity index (χ2v) is 4.12. The van der Waals surface area contributed by atoms with Crippen LogP contribution in [0.15, 0.2) is 48.8 Å². The summed E-state index contributed by atoms with van der Waals surface area (Å²) in [6.07, 6.45) is 6.61. The van der Waals surface area contributed by atoms with Gasteiger partial charge in [0.15, 0.2) is 5.78 Å². The van der Waals surface area contributed by atoms with E-state index in [1.54, 1.807) is 36.7 Å². The minimum absolute atomic E-state index is 0.0528. The van der Waals surface area contributed by atoms with E-state index in [0.717, 1.165) is 11.1 Å². The summed E-state index contributed by atoms with van der Waals surface area (Å²) in [6.45, 7) is 1.91. The van der Waals surface area contributed by atoms with Gasteiger partial charge in [-0.15, -0.1) is 0 Å². The van der Waals surface area contributed by atoms with E-state index in [-0.39, 0.29) is 5.78 Å². The summed E-state index contributed by atoms with van der Waals surface area (Å²) >= 11 is 0. The Labute approximate surface area is 106 Å². The van der Waals surface area contributed by atoms with Crippen LogP contribution >= 0.6 is 0 Å². The molecule has 0 atom stereocenters. The van der Waals surface area contributed by atoms with E-state index in [2.05, 4.69) is 4.98 Å². The van der Waals surface area contributed by atoms with Crippen LogP contribution in [0.5, 0.6) is 0 Å². The quantitative estimate of drug-likeness (QED) is 0.508. The first-order valence-electron chi connectivity index (χ1n) is 5.65. The van der Waals surface area contributed by atoms with Crippen molar-refractivity contribution in [3.8, 4) is 0 Å². The highest BCUT2D eigenvalue weighted by atomic mass is 16.1. The van der Waals surface area contributed by atoms with Crippen molar-refractivity contribution in [1.29, 1.82) is 0 Å². The summed E-state index contributed by atoms with van der Waals surface area (Å²) in [7, 11) is 0. The number of ketones is 1. The lowest BCUT2D eigenvalue weighted by Crippen LogP contribution is -1.95. The fraction of sp³-hybridized carbons (Fsp3) is 0.0667. The fourth-order valence-corrected chi connectivity index (χ4v) is 1.56. The zero-order valence-corrected chi connectivity index (χ0v) is 10.1. The number of aromatic nitrogens is 1. The van der Waals surface area contributed by atoms with Gasteiger partial charge < -0.3 is 5.73 Å². The Bertz CT molecular complexity index is 586. The number of allylic oxidation sites excluding steroid dienone is 1. The second-order valence-electron chi connectivity index (χ2n) is 4.12. The number of anilines is 1. The number of nitrogens with two attached hydrogens (primary N) is 1. The number of aryl methyl sites for hydroxylation is 1. The molecular formula is C15H14N2O. The van der Waals surface area contributed by atoms with Gasteiger partial charge in [-0.25, -0.2) is 0 Å². The highest BCUT2D eigenvalue weighted by Crippen LogP contribution is 2.09. The normalized spacial score (nSPS) is 10.7. The lowest BCUT2D eigenvalue weighted by Gasteiger charge is -1.97. The van der Waals surface area contributed by atoms with E-state index in [0.29, 0.717) is 11.3 Å². The van der Waals surface area contributed by atoms with Crippen molar-refractivity contribution in [3.63, 3.8) is 0 Å². The summed E-state index contributed by atoms with van der Waals surface area (Å²) in [4.78, 5) is 15.9. The number of nitrogen functional groups attached to an aromatic ring is 1. The molecule has 0 bridgehead atoms. The van der Waals surface area contributed by atoms with Crippen LogP contribution in [0, 0.1) is 6.92 Å². The fourth-order valence-electron chi connectivity index (χ4n) is 1.56. The largest absolute Gasteiger partial charge is 0.399 e. The maximum atomic E-state index is 11.9. The van der Waals surface area contributed by atoms with Gasteiger partial charge in [-0.05, 0) is 42.3 Å². The number of hydrogen-bond donors (Lipinski definition) is 1. The van der Waals surface area contributed by atoms with Crippen molar-refractivity contribution < 1.29 is 4.79 Å². The number of rotatable bonds is 3. The molecule has 0 aliphatic rings. The van der Waals surface area contributed by atoms with E-state index >= 15 is 0 Å². The Balaban J connectivity index is 2.14. The molecule has 0 aliphatic heterocycles. The van der Waals surface area contributed by atoms with Crippen LogP contribution in [0.2, 0.25) is 0 Å². The third-order valence-electron chi connectivity index (χ3n) is 2.52. The molecule has 0 aliphatic carbocycles. The standard InChI is InChI=1S/C15H14N2O/c1-11-8-13(10-17-9-11)15(18)7-4-12-2-5-14(16)6-3-12/h2-10H,16H2,1H3/b7-4+. The molecule has 2 N–H and O–H groups in total. The number of carbonyl (C=O) groups excluding carboxylic acids is 1. The predicted molar refractivity (Wildman–Crippen MR) is 73.2 cm³/mol. The van der Waals surface area contributed by atoms with Gasteiger partial charge >= 0.3 is 0 Å². The van der Waals surface area contributed by atoms with E-state index in [9.17, 15) is 4.79 Å². The Hall–Kier alpha value is -2.42. The minimum Gasteiger partial charge on any atom is -0.399 e. The molecule has 0 unspecified atom stereocenters. The van der Waals surface area contributed by atoms with Crippen LogP contribution in [0.4, 0.5) is 5.69 Å². The summed E-state index contributed by atoms with van der Waals surface area (Å²) in [5.41, 5.74) is 8.82. The van der Waals surface area contributed by atoms with Crippen molar-refractivity contribution in [2.24, 2.45) is 0 Å². The molecule has 1 aromatic heterocycles. The van der Waals surface area contributed by atoms with Gasteiger partial charge in [0, 0.05) is 23.6 Å². The Morgan fingerprint density at radius 2 is 1.94 bits per heavy atom. The van der Waals surface area contributed by atoms with Crippen LogP contribution in [0.25, 0.3) is 6.08 Å². The van der Waals surface area contributed by atoms with Gasteiger partial charge in [0.2, 0.25) is 0 Å². The molecule has 18 heavy (non-hydrogen) atoms. The summed E-state index contributed by atoms with van der Waals surface area (Å²) < 4.78 is 0. The van der Waals surface area contributed by atoms with Gasteiger partial charge in [-0.1, -0.05) is 18.2 Å². The molecule has 1 heterocycles. The van der Waals surface area contributed by atoms with E-state index in [1.807, 2.05) is 25.1 Å². The molecule has 0 saturated carbocycles.